The average Bonchev–Trinajstić information content (AvgIpc) is 3.01. The van der Waals surface area contributed by atoms with Crippen LogP contribution in [-0.2, 0) is 0 Å². The molecule has 0 saturated carbocycles. The number of ether oxygens (including phenoxy) is 1. The Morgan fingerprint density at radius 2 is 2.05 bits per heavy atom. The van der Waals surface area contributed by atoms with E-state index in [0.717, 1.165) is 28.9 Å². The van der Waals surface area contributed by atoms with Gasteiger partial charge < -0.3 is 15.0 Å². The maximum absolute atomic E-state index is 12.3. The minimum atomic E-state index is -0.154. The van der Waals surface area contributed by atoms with E-state index in [-0.39, 0.29) is 5.91 Å². The highest BCUT2D eigenvalue weighted by Crippen LogP contribution is 2.18. The van der Waals surface area contributed by atoms with E-state index < -0.39 is 0 Å². The molecule has 1 aromatic heterocycles. The molecule has 0 atom stereocenters. The summed E-state index contributed by atoms with van der Waals surface area (Å²) in [4.78, 5) is 19.4. The number of imidazole rings is 1. The number of nitrogens with one attached hydrogen (secondary N) is 2. The standard InChI is InChI=1S/C17H17N3O2/c1-2-9-22-14-6-4-13(5-7-14)20-17(21)12-3-8-15-16(10-12)19-11-18-15/h3-8,10-11H,2,9H2,1H3,(H,18,19)(H,20,21). The maximum Gasteiger partial charge on any atom is 0.255 e. The molecule has 0 saturated heterocycles. The number of fused-ring (bicyclic) bond motifs is 1. The number of H-pyrrole nitrogens is 1. The van der Waals surface area contributed by atoms with E-state index in [2.05, 4.69) is 22.2 Å². The van der Waals surface area contributed by atoms with Crippen LogP contribution in [0.15, 0.2) is 48.8 Å². The second-order valence-electron chi connectivity index (χ2n) is 4.96. The van der Waals surface area contributed by atoms with Crippen LogP contribution in [-0.4, -0.2) is 22.5 Å². The number of benzene rings is 2. The second-order valence-corrected chi connectivity index (χ2v) is 4.96. The molecule has 3 aromatic rings. The third-order valence-electron chi connectivity index (χ3n) is 3.27. The first-order valence-electron chi connectivity index (χ1n) is 7.23. The smallest absolute Gasteiger partial charge is 0.255 e. The number of amides is 1. The molecule has 0 aliphatic rings. The van der Waals surface area contributed by atoms with E-state index in [4.69, 9.17) is 4.74 Å². The summed E-state index contributed by atoms with van der Waals surface area (Å²) in [5, 5.41) is 2.87. The first kappa shape index (κ1) is 14.1. The third kappa shape index (κ3) is 3.09. The molecule has 2 aromatic carbocycles. The van der Waals surface area contributed by atoms with Crippen molar-refractivity contribution < 1.29 is 9.53 Å². The van der Waals surface area contributed by atoms with Gasteiger partial charge >= 0.3 is 0 Å². The Balaban J connectivity index is 1.70. The Hall–Kier alpha value is -2.82. The Bertz CT molecular complexity index is 778. The van der Waals surface area contributed by atoms with Gasteiger partial charge in [0.25, 0.3) is 5.91 Å². The fraction of sp³-hybridized carbons (Fsp3) is 0.176. The van der Waals surface area contributed by atoms with E-state index in [9.17, 15) is 4.79 Å². The molecule has 0 spiro atoms. The van der Waals surface area contributed by atoms with Crippen molar-refractivity contribution in [1.29, 1.82) is 0 Å². The molecule has 5 heteroatoms. The summed E-state index contributed by atoms with van der Waals surface area (Å²) in [5.74, 6) is 0.650. The molecular weight excluding hydrogens is 278 g/mol. The molecule has 1 amide bonds. The lowest BCUT2D eigenvalue weighted by Crippen LogP contribution is -2.11. The van der Waals surface area contributed by atoms with E-state index in [1.54, 1.807) is 18.5 Å². The van der Waals surface area contributed by atoms with Gasteiger partial charge in [0.1, 0.15) is 5.75 Å². The van der Waals surface area contributed by atoms with Gasteiger partial charge in [-0.3, -0.25) is 4.79 Å². The third-order valence-corrected chi connectivity index (χ3v) is 3.27. The first-order valence-corrected chi connectivity index (χ1v) is 7.23. The average molecular weight is 295 g/mol. The van der Waals surface area contributed by atoms with E-state index in [1.807, 2.05) is 30.3 Å². The molecule has 2 N–H and O–H groups in total. The zero-order valence-corrected chi connectivity index (χ0v) is 12.3. The summed E-state index contributed by atoms with van der Waals surface area (Å²) in [7, 11) is 0. The Kier molecular flexibility index (Phi) is 4.05. The van der Waals surface area contributed by atoms with Gasteiger partial charge in [0, 0.05) is 11.3 Å². The summed E-state index contributed by atoms with van der Waals surface area (Å²) >= 11 is 0. The fourth-order valence-corrected chi connectivity index (χ4v) is 2.13. The predicted octanol–water partition coefficient (Wildman–Crippen LogP) is 3.60. The van der Waals surface area contributed by atoms with Crippen LogP contribution in [0.25, 0.3) is 11.0 Å². The molecule has 0 aliphatic carbocycles. The Labute approximate surface area is 128 Å². The van der Waals surface area contributed by atoms with Gasteiger partial charge in [0.2, 0.25) is 0 Å². The Morgan fingerprint density at radius 3 is 2.82 bits per heavy atom. The van der Waals surface area contributed by atoms with Gasteiger partial charge in [-0.05, 0) is 48.9 Å². The summed E-state index contributed by atoms with van der Waals surface area (Å²) < 4.78 is 5.52. The van der Waals surface area contributed by atoms with Crippen molar-refractivity contribution in [1.82, 2.24) is 9.97 Å². The van der Waals surface area contributed by atoms with Crippen molar-refractivity contribution in [3.8, 4) is 5.75 Å². The van der Waals surface area contributed by atoms with Gasteiger partial charge in [-0.2, -0.15) is 0 Å². The zero-order chi connectivity index (χ0) is 15.4. The van der Waals surface area contributed by atoms with Crippen molar-refractivity contribution in [2.75, 3.05) is 11.9 Å². The summed E-state index contributed by atoms with van der Waals surface area (Å²) in [6.07, 6.45) is 2.58. The van der Waals surface area contributed by atoms with Crippen molar-refractivity contribution in [3.05, 3.63) is 54.4 Å². The number of anilines is 1. The van der Waals surface area contributed by atoms with Crippen molar-refractivity contribution >= 4 is 22.6 Å². The summed E-state index contributed by atoms with van der Waals surface area (Å²) in [6.45, 7) is 2.75. The van der Waals surface area contributed by atoms with Gasteiger partial charge in [0.15, 0.2) is 0 Å². The monoisotopic (exact) mass is 295 g/mol. The van der Waals surface area contributed by atoms with Crippen molar-refractivity contribution in [2.45, 2.75) is 13.3 Å². The SMILES string of the molecule is CCCOc1ccc(NC(=O)c2ccc3nc[nH]c3c2)cc1. The quantitative estimate of drug-likeness (QED) is 0.755. The van der Waals surface area contributed by atoms with E-state index >= 15 is 0 Å². The van der Waals surface area contributed by atoms with Crippen molar-refractivity contribution in [2.24, 2.45) is 0 Å². The number of hydrogen-bond donors (Lipinski definition) is 2. The number of aromatic nitrogens is 2. The molecule has 1 heterocycles. The number of hydrogen-bond acceptors (Lipinski definition) is 3. The van der Waals surface area contributed by atoms with Crippen LogP contribution in [0.2, 0.25) is 0 Å². The van der Waals surface area contributed by atoms with Crippen molar-refractivity contribution in [3.63, 3.8) is 0 Å². The lowest BCUT2D eigenvalue weighted by atomic mass is 10.2. The number of nitrogens with zero attached hydrogens (tertiary/aromatic N) is 1. The van der Waals surface area contributed by atoms with Crippen LogP contribution in [0.4, 0.5) is 5.69 Å². The van der Waals surface area contributed by atoms with Crippen LogP contribution in [0.3, 0.4) is 0 Å². The molecule has 5 nitrogen and oxygen atoms in total. The molecule has 0 radical (unpaired) electrons. The van der Waals surface area contributed by atoms with Gasteiger partial charge in [-0.1, -0.05) is 6.92 Å². The first-order chi connectivity index (χ1) is 10.8. The zero-order valence-electron chi connectivity index (χ0n) is 12.3. The predicted molar refractivity (Wildman–Crippen MR) is 86.3 cm³/mol. The van der Waals surface area contributed by atoms with Crippen LogP contribution in [0.5, 0.6) is 5.75 Å². The molecule has 0 fully saturated rings. The molecule has 22 heavy (non-hydrogen) atoms. The normalized spacial score (nSPS) is 10.6. The molecule has 112 valence electrons. The van der Waals surface area contributed by atoms with Crippen LogP contribution in [0.1, 0.15) is 23.7 Å². The van der Waals surface area contributed by atoms with E-state index in [1.165, 1.54) is 0 Å². The number of carbonyl (C=O) groups excluding carboxylic acids is 1. The van der Waals surface area contributed by atoms with Gasteiger partial charge in [-0.25, -0.2) is 4.98 Å². The van der Waals surface area contributed by atoms with Gasteiger partial charge in [0.05, 0.1) is 24.0 Å². The highest BCUT2D eigenvalue weighted by atomic mass is 16.5. The number of carbonyl (C=O) groups is 1. The highest BCUT2D eigenvalue weighted by Gasteiger charge is 2.08. The lowest BCUT2D eigenvalue weighted by Gasteiger charge is -2.08. The molecule has 0 aliphatic heterocycles. The topological polar surface area (TPSA) is 67.0 Å². The number of aromatic amines is 1. The number of rotatable bonds is 5. The molecular formula is C17H17N3O2. The molecule has 3 rings (SSSR count). The largest absolute Gasteiger partial charge is 0.494 e. The molecule has 0 unspecified atom stereocenters. The lowest BCUT2D eigenvalue weighted by molar-refractivity contribution is 0.102. The van der Waals surface area contributed by atoms with Crippen LogP contribution in [0, 0.1) is 0 Å². The highest BCUT2D eigenvalue weighted by molar-refractivity contribution is 6.05. The fourth-order valence-electron chi connectivity index (χ4n) is 2.13. The van der Waals surface area contributed by atoms with E-state index in [0.29, 0.717) is 12.2 Å². The van der Waals surface area contributed by atoms with Gasteiger partial charge in [-0.15, -0.1) is 0 Å². The second kappa shape index (κ2) is 6.30. The summed E-state index contributed by atoms with van der Waals surface area (Å²) in [5.41, 5.74) is 3.01. The minimum Gasteiger partial charge on any atom is -0.494 e. The maximum atomic E-state index is 12.3. The van der Waals surface area contributed by atoms with Crippen LogP contribution < -0.4 is 10.1 Å². The minimum absolute atomic E-state index is 0.154. The molecule has 0 bridgehead atoms. The summed E-state index contributed by atoms with van der Waals surface area (Å²) in [6, 6.07) is 12.7. The Morgan fingerprint density at radius 1 is 1.23 bits per heavy atom. The van der Waals surface area contributed by atoms with Crippen LogP contribution >= 0.6 is 0 Å².